The quantitative estimate of drug-likeness (QED) is 0.847. The van der Waals surface area contributed by atoms with Gasteiger partial charge in [0.15, 0.2) is 0 Å². The molecule has 19 heavy (non-hydrogen) atoms. The predicted octanol–water partition coefficient (Wildman–Crippen LogP) is 2.93. The van der Waals surface area contributed by atoms with Gasteiger partial charge in [0.25, 0.3) is 5.91 Å². The Hall–Kier alpha value is -2.00. The molecule has 1 amide bonds. The van der Waals surface area contributed by atoms with Gasteiger partial charge in [-0.25, -0.2) is 0 Å². The Morgan fingerprint density at radius 2 is 1.89 bits per heavy atom. The van der Waals surface area contributed by atoms with E-state index in [9.17, 15) is 4.79 Å². The summed E-state index contributed by atoms with van der Waals surface area (Å²) in [6.45, 7) is 2.54. The van der Waals surface area contributed by atoms with Crippen LogP contribution in [-0.2, 0) is 6.54 Å². The number of nitrogen functional groups attached to an aromatic ring is 1. The number of amides is 1. The van der Waals surface area contributed by atoms with Crippen molar-refractivity contribution in [3.8, 4) is 0 Å². The van der Waals surface area contributed by atoms with E-state index in [1.165, 1.54) is 5.56 Å². The molecule has 0 atom stereocenters. The number of carbonyl (C=O) groups is 1. The molecule has 0 radical (unpaired) electrons. The maximum Gasteiger partial charge on any atom is 0.253 e. The summed E-state index contributed by atoms with van der Waals surface area (Å²) < 4.78 is 0. The standard InChI is InChI=1S/C15H16N2O.ClH/c1-11-5-4-6-12(9-11)10-17-15(18)13-7-2-3-8-14(13)16;/h2-9H,10,16H2,1H3,(H,17,18);1H. The third-order valence-electron chi connectivity index (χ3n) is 2.74. The largest absolute Gasteiger partial charge is 0.398 e. The molecule has 0 aliphatic rings. The molecule has 0 aliphatic carbocycles. The van der Waals surface area contributed by atoms with Crippen LogP contribution in [0, 0.1) is 6.92 Å². The van der Waals surface area contributed by atoms with Gasteiger partial charge in [-0.15, -0.1) is 12.4 Å². The molecule has 0 saturated heterocycles. The van der Waals surface area contributed by atoms with E-state index in [-0.39, 0.29) is 18.3 Å². The van der Waals surface area contributed by atoms with Gasteiger partial charge < -0.3 is 11.1 Å². The van der Waals surface area contributed by atoms with Crippen molar-refractivity contribution in [1.82, 2.24) is 5.32 Å². The van der Waals surface area contributed by atoms with Crippen molar-refractivity contribution >= 4 is 24.0 Å². The molecule has 2 aromatic rings. The Bertz CT molecular complexity index is 570. The second-order valence-corrected chi connectivity index (χ2v) is 4.26. The van der Waals surface area contributed by atoms with E-state index in [1.807, 2.05) is 31.2 Å². The second kappa shape index (κ2) is 6.81. The molecule has 0 heterocycles. The number of benzene rings is 2. The van der Waals surface area contributed by atoms with Gasteiger partial charge in [-0.05, 0) is 24.6 Å². The van der Waals surface area contributed by atoms with Crippen molar-refractivity contribution < 1.29 is 4.79 Å². The van der Waals surface area contributed by atoms with E-state index in [0.29, 0.717) is 17.8 Å². The minimum atomic E-state index is -0.144. The van der Waals surface area contributed by atoms with Gasteiger partial charge in [0, 0.05) is 12.2 Å². The third-order valence-corrected chi connectivity index (χ3v) is 2.74. The first-order valence-electron chi connectivity index (χ1n) is 5.85. The Morgan fingerprint density at radius 3 is 2.58 bits per heavy atom. The molecular formula is C15H17ClN2O. The van der Waals surface area contributed by atoms with Gasteiger partial charge >= 0.3 is 0 Å². The number of carbonyl (C=O) groups excluding carboxylic acids is 1. The van der Waals surface area contributed by atoms with Crippen LogP contribution in [0.1, 0.15) is 21.5 Å². The van der Waals surface area contributed by atoms with Crippen LogP contribution < -0.4 is 11.1 Å². The Morgan fingerprint density at radius 1 is 1.16 bits per heavy atom. The maximum absolute atomic E-state index is 11.9. The highest BCUT2D eigenvalue weighted by atomic mass is 35.5. The SMILES string of the molecule is Cc1cccc(CNC(=O)c2ccccc2N)c1.Cl. The molecule has 3 N–H and O–H groups in total. The summed E-state index contributed by atoms with van der Waals surface area (Å²) in [6.07, 6.45) is 0. The molecule has 2 aromatic carbocycles. The van der Waals surface area contributed by atoms with Crippen molar-refractivity contribution in [1.29, 1.82) is 0 Å². The van der Waals surface area contributed by atoms with E-state index >= 15 is 0 Å². The number of hydrogen-bond donors (Lipinski definition) is 2. The second-order valence-electron chi connectivity index (χ2n) is 4.26. The number of rotatable bonds is 3. The van der Waals surface area contributed by atoms with Crippen molar-refractivity contribution in [2.75, 3.05) is 5.73 Å². The molecule has 100 valence electrons. The van der Waals surface area contributed by atoms with Crippen LogP contribution in [0.4, 0.5) is 5.69 Å². The smallest absolute Gasteiger partial charge is 0.253 e. The molecule has 0 aliphatic heterocycles. The lowest BCUT2D eigenvalue weighted by Gasteiger charge is -2.07. The lowest BCUT2D eigenvalue weighted by Crippen LogP contribution is -2.23. The van der Waals surface area contributed by atoms with E-state index in [4.69, 9.17) is 5.73 Å². The minimum Gasteiger partial charge on any atom is -0.398 e. The Labute approximate surface area is 119 Å². The molecule has 0 bridgehead atoms. The van der Waals surface area contributed by atoms with Crippen molar-refractivity contribution in [2.45, 2.75) is 13.5 Å². The third kappa shape index (κ3) is 4.00. The first-order chi connectivity index (χ1) is 8.66. The van der Waals surface area contributed by atoms with Crippen LogP contribution in [0.2, 0.25) is 0 Å². The molecule has 0 aromatic heterocycles. The minimum absolute atomic E-state index is 0. The molecule has 0 fully saturated rings. The summed E-state index contributed by atoms with van der Waals surface area (Å²) in [5, 5.41) is 2.86. The zero-order valence-electron chi connectivity index (χ0n) is 10.7. The van der Waals surface area contributed by atoms with Gasteiger partial charge in [0.2, 0.25) is 0 Å². The number of hydrogen-bond acceptors (Lipinski definition) is 2. The molecule has 0 unspecified atom stereocenters. The normalized spacial score (nSPS) is 9.53. The van der Waals surface area contributed by atoms with Crippen molar-refractivity contribution in [3.63, 3.8) is 0 Å². The predicted molar refractivity (Wildman–Crippen MR) is 80.5 cm³/mol. The number of nitrogens with one attached hydrogen (secondary N) is 1. The van der Waals surface area contributed by atoms with Crippen LogP contribution in [0.3, 0.4) is 0 Å². The highest BCUT2D eigenvalue weighted by Gasteiger charge is 2.07. The zero-order chi connectivity index (χ0) is 13.0. The average Bonchev–Trinajstić information content (AvgIpc) is 2.37. The van der Waals surface area contributed by atoms with Gasteiger partial charge in [-0.3, -0.25) is 4.79 Å². The average molecular weight is 277 g/mol. The topological polar surface area (TPSA) is 55.1 Å². The Kier molecular flexibility index (Phi) is 5.39. The fraction of sp³-hybridized carbons (Fsp3) is 0.133. The van der Waals surface area contributed by atoms with Crippen molar-refractivity contribution in [3.05, 3.63) is 65.2 Å². The molecule has 2 rings (SSSR count). The number of anilines is 1. The molecule has 4 heteroatoms. The summed E-state index contributed by atoms with van der Waals surface area (Å²) >= 11 is 0. The Balaban J connectivity index is 0.00000180. The lowest BCUT2D eigenvalue weighted by molar-refractivity contribution is 0.0952. The van der Waals surface area contributed by atoms with E-state index in [0.717, 1.165) is 5.56 Å². The molecular weight excluding hydrogens is 260 g/mol. The summed E-state index contributed by atoms with van der Waals surface area (Å²) in [5.74, 6) is -0.144. The summed E-state index contributed by atoms with van der Waals surface area (Å²) in [6, 6.07) is 15.1. The van der Waals surface area contributed by atoms with Crippen LogP contribution >= 0.6 is 12.4 Å². The number of halogens is 1. The first-order valence-corrected chi connectivity index (χ1v) is 5.85. The summed E-state index contributed by atoms with van der Waals surface area (Å²) in [4.78, 5) is 11.9. The van der Waals surface area contributed by atoms with Crippen LogP contribution in [0.5, 0.6) is 0 Å². The fourth-order valence-corrected chi connectivity index (χ4v) is 1.80. The molecule has 0 saturated carbocycles. The highest BCUT2D eigenvalue weighted by Crippen LogP contribution is 2.10. The van der Waals surface area contributed by atoms with Crippen LogP contribution in [0.25, 0.3) is 0 Å². The van der Waals surface area contributed by atoms with Crippen LogP contribution in [-0.4, -0.2) is 5.91 Å². The van der Waals surface area contributed by atoms with E-state index in [2.05, 4.69) is 11.4 Å². The monoisotopic (exact) mass is 276 g/mol. The maximum atomic E-state index is 11.9. The molecule has 0 spiro atoms. The van der Waals surface area contributed by atoms with E-state index < -0.39 is 0 Å². The number of aryl methyl sites for hydroxylation is 1. The zero-order valence-corrected chi connectivity index (χ0v) is 11.5. The van der Waals surface area contributed by atoms with Gasteiger partial charge in [-0.2, -0.15) is 0 Å². The van der Waals surface area contributed by atoms with Gasteiger partial charge in [0.05, 0.1) is 5.56 Å². The van der Waals surface area contributed by atoms with Crippen molar-refractivity contribution in [2.24, 2.45) is 0 Å². The number of nitrogens with two attached hydrogens (primary N) is 1. The highest BCUT2D eigenvalue weighted by molar-refractivity contribution is 5.98. The first kappa shape index (κ1) is 15.1. The van der Waals surface area contributed by atoms with E-state index in [1.54, 1.807) is 18.2 Å². The lowest BCUT2D eigenvalue weighted by atomic mass is 10.1. The summed E-state index contributed by atoms with van der Waals surface area (Å²) in [7, 11) is 0. The molecule has 3 nitrogen and oxygen atoms in total. The summed E-state index contributed by atoms with van der Waals surface area (Å²) in [5.41, 5.74) is 9.03. The number of para-hydroxylation sites is 1. The van der Waals surface area contributed by atoms with Gasteiger partial charge in [0.1, 0.15) is 0 Å². The fourth-order valence-electron chi connectivity index (χ4n) is 1.80. The van der Waals surface area contributed by atoms with Crippen LogP contribution in [0.15, 0.2) is 48.5 Å². The van der Waals surface area contributed by atoms with Gasteiger partial charge in [-0.1, -0.05) is 42.0 Å².